The van der Waals surface area contributed by atoms with Gasteiger partial charge in [0.2, 0.25) is 5.91 Å². The number of hydrogen-bond donors (Lipinski definition) is 1. The SMILES string of the molecule is Cc1ccccc1/C=C/C(=O)N(C)C1CCCCC1O. The molecule has 3 nitrogen and oxygen atoms in total. The molecule has 1 aromatic rings. The number of carbonyl (C=O) groups excluding carboxylic acids is 1. The molecule has 2 atom stereocenters. The molecule has 0 spiro atoms. The fourth-order valence-electron chi connectivity index (χ4n) is 2.76. The van der Waals surface area contributed by atoms with E-state index in [1.807, 2.05) is 37.3 Å². The molecule has 0 heterocycles. The first-order chi connectivity index (χ1) is 9.59. The van der Waals surface area contributed by atoms with Gasteiger partial charge in [0.05, 0.1) is 12.1 Å². The maximum Gasteiger partial charge on any atom is 0.246 e. The molecule has 1 fully saturated rings. The summed E-state index contributed by atoms with van der Waals surface area (Å²) in [6.45, 7) is 2.03. The Balaban J connectivity index is 2.02. The number of aliphatic hydroxyl groups is 1. The minimum atomic E-state index is -0.385. The Hall–Kier alpha value is -1.61. The van der Waals surface area contributed by atoms with Gasteiger partial charge in [-0.3, -0.25) is 4.79 Å². The van der Waals surface area contributed by atoms with Crippen molar-refractivity contribution in [3.05, 3.63) is 41.5 Å². The molecule has 0 aliphatic heterocycles. The van der Waals surface area contributed by atoms with Gasteiger partial charge in [-0.2, -0.15) is 0 Å². The summed E-state index contributed by atoms with van der Waals surface area (Å²) < 4.78 is 0. The monoisotopic (exact) mass is 273 g/mol. The van der Waals surface area contributed by atoms with Gasteiger partial charge in [0.15, 0.2) is 0 Å². The van der Waals surface area contributed by atoms with E-state index in [1.54, 1.807) is 18.0 Å². The quantitative estimate of drug-likeness (QED) is 0.860. The van der Waals surface area contributed by atoms with E-state index < -0.39 is 0 Å². The summed E-state index contributed by atoms with van der Waals surface area (Å²) in [5, 5.41) is 10.00. The minimum absolute atomic E-state index is 0.0424. The summed E-state index contributed by atoms with van der Waals surface area (Å²) in [6, 6.07) is 7.93. The van der Waals surface area contributed by atoms with E-state index in [0.29, 0.717) is 0 Å². The standard InChI is InChI=1S/C17H23NO2/c1-13-7-3-4-8-14(13)11-12-17(20)18(2)15-9-5-6-10-16(15)19/h3-4,7-8,11-12,15-16,19H,5-6,9-10H2,1-2H3/b12-11+. The van der Waals surface area contributed by atoms with Gasteiger partial charge in [-0.25, -0.2) is 0 Å². The topological polar surface area (TPSA) is 40.5 Å². The molecule has 1 aliphatic rings. The summed E-state index contributed by atoms with van der Waals surface area (Å²) >= 11 is 0. The van der Waals surface area contributed by atoms with Crippen LogP contribution >= 0.6 is 0 Å². The van der Waals surface area contributed by atoms with Crippen molar-refractivity contribution in [3.63, 3.8) is 0 Å². The average molecular weight is 273 g/mol. The lowest BCUT2D eigenvalue weighted by Gasteiger charge is -2.34. The molecule has 0 radical (unpaired) electrons. The first-order valence-corrected chi connectivity index (χ1v) is 7.28. The molecular weight excluding hydrogens is 250 g/mol. The van der Waals surface area contributed by atoms with Gasteiger partial charge >= 0.3 is 0 Å². The van der Waals surface area contributed by atoms with Crippen LogP contribution in [0.1, 0.15) is 36.8 Å². The average Bonchev–Trinajstić information content (AvgIpc) is 2.46. The number of aryl methyl sites for hydroxylation is 1. The fraction of sp³-hybridized carbons (Fsp3) is 0.471. The molecule has 1 N–H and O–H groups in total. The third-order valence-electron chi connectivity index (χ3n) is 4.13. The highest BCUT2D eigenvalue weighted by Gasteiger charge is 2.28. The molecule has 1 saturated carbocycles. The van der Waals surface area contributed by atoms with Crippen molar-refractivity contribution in [1.82, 2.24) is 4.90 Å². The molecule has 0 aromatic heterocycles. The highest BCUT2D eigenvalue weighted by Crippen LogP contribution is 2.22. The third kappa shape index (κ3) is 3.48. The van der Waals surface area contributed by atoms with E-state index in [-0.39, 0.29) is 18.1 Å². The number of aliphatic hydroxyl groups excluding tert-OH is 1. The second-order valence-corrected chi connectivity index (χ2v) is 5.56. The predicted octanol–water partition coefficient (Wildman–Crippen LogP) is 2.77. The molecule has 1 aliphatic carbocycles. The highest BCUT2D eigenvalue weighted by atomic mass is 16.3. The van der Waals surface area contributed by atoms with Crippen LogP contribution in [0.2, 0.25) is 0 Å². The van der Waals surface area contributed by atoms with Crippen LogP contribution in [-0.2, 0) is 4.79 Å². The van der Waals surface area contributed by atoms with Gasteiger partial charge in [0.1, 0.15) is 0 Å². The van der Waals surface area contributed by atoms with E-state index in [2.05, 4.69) is 0 Å². The van der Waals surface area contributed by atoms with Gasteiger partial charge in [-0.05, 0) is 37.0 Å². The van der Waals surface area contributed by atoms with Crippen LogP contribution in [0.4, 0.5) is 0 Å². The zero-order chi connectivity index (χ0) is 14.5. The Morgan fingerprint density at radius 3 is 2.70 bits per heavy atom. The van der Waals surface area contributed by atoms with Crippen LogP contribution in [0.25, 0.3) is 6.08 Å². The van der Waals surface area contributed by atoms with Crippen LogP contribution in [0, 0.1) is 6.92 Å². The molecule has 0 bridgehead atoms. The van der Waals surface area contributed by atoms with Crippen molar-refractivity contribution in [2.24, 2.45) is 0 Å². The van der Waals surface area contributed by atoms with E-state index in [1.165, 1.54) is 0 Å². The molecule has 2 rings (SSSR count). The first-order valence-electron chi connectivity index (χ1n) is 7.28. The zero-order valence-corrected chi connectivity index (χ0v) is 12.2. The lowest BCUT2D eigenvalue weighted by atomic mass is 9.91. The summed E-state index contributed by atoms with van der Waals surface area (Å²) in [5.74, 6) is -0.0424. The summed E-state index contributed by atoms with van der Waals surface area (Å²) in [5.41, 5.74) is 2.20. The van der Waals surface area contributed by atoms with E-state index in [0.717, 1.165) is 36.8 Å². The number of nitrogens with zero attached hydrogens (tertiary/aromatic N) is 1. The van der Waals surface area contributed by atoms with Gasteiger partial charge in [-0.15, -0.1) is 0 Å². The second kappa shape index (κ2) is 6.71. The van der Waals surface area contributed by atoms with Crippen molar-refractivity contribution < 1.29 is 9.90 Å². The van der Waals surface area contributed by atoms with Gasteiger partial charge in [0, 0.05) is 13.1 Å². The summed E-state index contributed by atoms with van der Waals surface area (Å²) in [7, 11) is 1.78. The smallest absolute Gasteiger partial charge is 0.246 e. The van der Waals surface area contributed by atoms with Crippen molar-refractivity contribution in [2.45, 2.75) is 44.8 Å². The molecular formula is C17H23NO2. The molecule has 108 valence electrons. The van der Waals surface area contributed by atoms with Crippen LogP contribution in [0.5, 0.6) is 0 Å². The fourth-order valence-corrected chi connectivity index (χ4v) is 2.76. The molecule has 2 unspecified atom stereocenters. The summed E-state index contributed by atoms with van der Waals surface area (Å²) in [6.07, 6.45) is 6.89. The maximum atomic E-state index is 12.2. The minimum Gasteiger partial charge on any atom is -0.391 e. The number of carbonyl (C=O) groups is 1. The Kier molecular flexibility index (Phi) is 4.96. The summed E-state index contributed by atoms with van der Waals surface area (Å²) in [4.78, 5) is 13.9. The predicted molar refractivity (Wildman–Crippen MR) is 81.2 cm³/mol. The molecule has 0 saturated heterocycles. The van der Waals surface area contributed by atoms with Gasteiger partial charge in [-0.1, -0.05) is 37.1 Å². The van der Waals surface area contributed by atoms with Crippen molar-refractivity contribution in [1.29, 1.82) is 0 Å². The van der Waals surface area contributed by atoms with Crippen molar-refractivity contribution in [3.8, 4) is 0 Å². The van der Waals surface area contributed by atoms with Gasteiger partial charge in [0.25, 0.3) is 0 Å². The number of amides is 1. The van der Waals surface area contributed by atoms with Crippen molar-refractivity contribution >= 4 is 12.0 Å². The Morgan fingerprint density at radius 1 is 1.30 bits per heavy atom. The number of likely N-dealkylation sites (N-methyl/N-ethyl adjacent to an activating group) is 1. The largest absolute Gasteiger partial charge is 0.391 e. The van der Waals surface area contributed by atoms with Gasteiger partial charge < -0.3 is 10.0 Å². The maximum absolute atomic E-state index is 12.2. The normalized spacial score (nSPS) is 22.9. The van der Waals surface area contributed by atoms with E-state index in [4.69, 9.17) is 0 Å². The lowest BCUT2D eigenvalue weighted by Crippen LogP contribution is -2.45. The lowest BCUT2D eigenvalue weighted by molar-refractivity contribution is -0.130. The van der Waals surface area contributed by atoms with E-state index in [9.17, 15) is 9.90 Å². The molecule has 1 aromatic carbocycles. The number of hydrogen-bond acceptors (Lipinski definition) is 2. The second-order valence-electron chi connectivity index (χ2n) is 5.56. The van der Waals surface area contributed by atoms with Crippen LogP contribution < -0.4 is 0 Å². The molecule has 3 heteroatoms. The van der Waals surface area contributed by atoms with Crippen LogP contribution in [0.3, 0.4) is 0 Å². The Labute approximate surface area is 120 Å². The first kappa shape index (κ1) is 14.8. The Bertz CT molecular complexity index is 496. The molecule has 20 heavy (non-hydrogen) atoms. The van der Waals surface area contributed by atoms with E-state index >= 15 is 0 Å². The van der Waals surface area contributed by atoms with Crippen LogP contribution in [-0.4, -0.2) is 35.1 Å². The molecule has 1 amide bonds. The number of rotatable bonds is 3. The highest BCUT2D eigenvalue weighted by molar-refractivity contribution is 5.92. The van der Waals surface area contributed by atoms with Crippen molar-refractivity contribution in [2.75, 3.05) is 7.05 Å². The number of benzene rings is 1. The third-order valence-corrected chi connectivity index (χ3v) is 4.13. The Morgan fingerprint density at radius 2 is 2.00 bits per heavy atom. The van der Waals surface area contributed by atoms with Crippen LogP contribution in [0.15, 0.2) is 30.3 Å². The zero-order valence-electron chi connectivity index (χ0n) is 12.2.